The van der Waals surface area contributed by atoms with Crippen molar-refractivity contribution in [2.75, 3.05) is 0 Å². The van der Waals surface area contributed by atoms with E-state index >= 15 is 0 Å². The van der Waals surface area contributed by atoms with Gasteiger partial charge in [0, 0.05) is 24.2 Å². The standard InChI is InChI=1S/C23H16F2N2O2/c24-22-18(20(28)13-15-9-11-26-12-10-15)7-8-21(23(22)25)29-14-17-6-5-16-3-1-2-4-19(16)27-17/h1-12H,13-14H2. The van der Waals surface area contributed by atoms with Gasteiger partial charge in [-0.1, -0.05) is 24.3 Å². The Hall–Kier alpha value is -3.67. The molecule has 0 aliphatic heterocycles. The third-order valence-electron chi connectivity index (χ3n) is 4.49. The van der Waals surface area contributed by atoms with Crippen LogP contribution in [0.2, 0.25) is 0 Å². The van der Waals surface area contributed by atoms with E-state index in [0.717, 1.165) is 10.9 Å². The van der Waals surface area contributed by atoms with Crippen molar-refractivity contribution in [3.8, 4) is 5.75 Å². The molecule has 0 saturated carbocycles. The fraction of sp³-hybridized carbons (Fsp3) is 0.0870. The highest BCUT2D eigenvalue weighted by molar-refractivity contribution is 5.97. The SMILES string of the molecule is O=C(Cc1ccncc1)c1ccc(OCc2ccc3ccccc3n2)c(F)c1F. The minimum Gasteiger partial charge on any atom is -0.484 e. The quantitative estimate of drug-likeness (QED) is 0.439. The van der Waals surface area contributed by atoms with Crippen LogP contribution in [0, 0.1) is 11.6 Å². The van der Waals surface area contributed by atoms with Gasteiger partial charge in [0.1, 0.15) is 6.61 Å². The molecule has 4 nitrogen and oxygen atoms in total. The summed E-state index contributed by atoms with van der Waals surface area (Å²) in [4.78, 5) is 20.6. The highest BCUT2D eigenvalue weighted by atomic mass is 19.2. The zero-order valence-electron chi connectivity index (χ0n) is 15.3. The predicted octanol–water partition coefficient (Wildman–Crippen LogP) is 4.91. The van der Waals surface area contributed by atoms with Gasteiger partial charge in [-0.25, -0.2) is 9.37 Å². The summed E-state index contributed by atoms with van der Waals surface area (Å²) in [5.41, 5.74) is 1.74. The number of carbonyl (C=O) groups excluding carboxylic acids is 1. The van der Waals surface area contributed by atoms with Gasteiger partial charge in [-0.05, 0) is 42.0 Å². The maximum Gasteiger partial charge on any atom is 0.201 e. The molecule has 0 radical (unpaired) electrons. The van der Waals surface area contributed by atoms with Crippen molar-refractivity contribution >= 4 is 16.7 Å². The number of fused-ring (bicyclic) bond motifs is 1. The lowest BCUT2D eigenvalue weighted by Crippen LogP contribution is -2.09. The number of aromatic nitrogens is 2. The van der Waals surface area contributed by atoms with E-state index in [9.17, 15) is 13.6 Å². The Balaban J connectivity index is 1.49. The minimum atomic E-state index is -1.21. The summed E-state index contributed by atoms with van der Waals surface area (Å²) in [7, 11) is 0. The van der Waals surface area contributed by atoms with Gasteiger partial charge in [-0.3, -0.25) is 9.78 Å². The molecule has 0 atom stereocenters. The maximum absolute atomic E-state index is 14.4. The van der Waals surface area contributed by atoms with Crippen molar-refractivity contribution in [1.29, 1.82) is 0 Å². The zero-order valence-corrected chi connectivity index (χ0v) is 15.3. The second-order valence-corrected chi connectivity index (χ2v) is 6.48. The first-order chi connectivity index (χ1) is 14.1. The molecule has 4 aromatic rings. The second-order valence-electron chi connectivity index (χ2n) is 6.48. The van der Waals surface area contributed by atoms with Gasteiger partial charge in [-0.2, -0.15) is 4.39 Å². The largest absolute Gasteiger partial charge is 0.484 e. The number of nitrogens with zero attached hydrogens (tertiary/aromatic N) is 2. The van der Waals surface area contributed by atoms with Gasteiger partial charge >= 0.3 is 0 Å². The van der Waals surface area contributed by atoms with Crippen molar-refractivity contribution < 1.29 is 18.3 Å². The summed E-state index contributed by atoms with van der Waals surface area (Å²) in [6.45, 7) is -0.0223. The lowest BCUT2D eigenvalue weighted by atomic mass is 10.0. The maximum atomic E-state index is 14.4. The van der Waals surface area contributed by atoms with Crippen molar-refractivity contribution in [3.63, 3.8) is 0 Å². The molecule has 0 amide bonds. The fourth-order valence-corrected chi connectivity index (χ4v) is 2.98. The number of ether oxygens (including phenoxy) is 1. The van der Waals surface area contributed by atoms with Crippen LogP contribution in [0.3, 0.4) is 0 Å². The van der Waals surface area contributed by atoms with Gasteiger partial charge in [0.25, 0.3) is 0 Å². The van der Waals surface area contributed by atoms with Gasteiger partial charge in [0.2, 0.25) is 5.82 Å². The number of pyridine rings is 2. The van der Waals surface area contributed by atoms with Crippen molar-refractivity contribution in [1.82, 2.24) is 9.97 Å². The van der Waals surface area contributed by atoms with Crippen LogP contribution in [0.4, 0.5) is 8.78 Å². The third kappa shape index (κ3) is 4.11. The highest BCUT2D eigenvalue weighted by Gasteiger charge is 2.20. The van der Waals surface area contributed by atoms with E-state index in [2.05, 4.69) is 9.97 Å². The summed E-state index contributed by atoms with van der Waals surface area (Å²) in [6, 6.07) is 17.0. The molecule has 0 unspecified atom stereocenters. The van der Waals surface area contributed by atoms with Crippen LogP contribution in [0.25, 0.3) is 10.9 Å². The molecular weight excluding hydrogens is 374 g/mol. The van der Waals surface area contributed by atoms with Crippen molar-refractivity contribution in [2.24, 2.45) is 0 Å². The Morgan fingerprint density at radius 3 is 2.52 bits per heavy atom. The Morgan fingerprint density at radius 2 is 1.69 bits per heavy atom. The van der Waals surface area contributed by atoms with Crippen molar-refractivity contribution in [3.05, 3.63) is 102 Å². The summed E-state index contributed by atoms with van der Waals surface area (Å²) in [5.74, 6) is -3.19. The summed E-state index contributed by atoms with van der Waals surface area (Å²) in [6.07, 6.45) is 3.04. The number of rotatable bonds is 6. The lowest BCUT2D eigenvalue weighted by Gasteiger charge is -2.10. The molecule has 0 aliphatic rings. The number of halogens is 2. The first-order valence-electron chi connectivity index (χ1n) is 8.99. The number of ketones is 1. The first-order valence-corrected chi connectivity index (χ1v) is 8.99. The van der Waals surface area contributed by atoms with E-state index in [1.807, 2.05) is 30.3 Å². The van der Waals surface area contributed by atoms with E-state index in [-0.39, 0.29) is 24.3 Å². The molecule has 0 N–H and O–H groups in total. The summed E-state index contributed by atoms with van der Waals surface area (Å²) >= 11 is 0. The highest BCUT2D eigenvalue weighted by Crippen LogP contribution is 2.25. The number of hydrogen-bond acceptors (Lipinski definition) is 4. The number of hydrogen-bond donors (Lipinski definition) is 0. The molecule has 4 rings (SSSR count). The van der Waals surface area contributed by atoms with Crippen LogP contribution in [-0.2, 0) is 13.0 Å². The van der Waals surface area contributed by atoms with E-state index in [4.69, 9.17) is 4.74 Å². The topological polar surface area (TPSA) is 52.1 Å². The third-order valence-corrected chi connectivity index (χ3v) is 4.49. The number of para-hydroxylation sites is 1. The molecule has 0 bridgehead atoms. The smallest absolute Gasteiger partial charge is 0.201 e. The Labute approximate surface area is 165 Å². The number of carbonyl (C=O) groups is 1. The Kier molecular flexibility index (Phi) is 5.24. The second kappa shape index (κ2) is 8.14. The van der Waals surface area contributed by atoms with Crippen LogP contribution in [0.5, 0.6) is 5.75 Å². The Morgan fingerprint density at radius 1 is 0.897 bits per heavy atom. The summed E-state index contributed by atoms with van der Waals surface area (Å²) < 4.78 is 34.3. The molecular formula is C23H16F2N2O2. The molecule has 0 spiro atoms. The molecule has 6 heteroatoms. The van der Waals surface area contributed by atoms with E-state index in [1.165, 1.54) is 24.5 Å². The number of Topliss-reactive ketones (excluding diaryl/α,β-unsaturated/α-hetero) is 1. The molecule has 2 aromatic carbocycles. The van der Waals surface area contributed by atoms with Gasteiger partial charge in [0.05, 0.1) is 16.8 Å². The summed E-state index contributed by atoms with van der Waals surface area (Å²) in [5, 5.41) is 0.977. The fourth-order valence-electron chi connectivity index (χ4n) is 2.98. The van der Waals surface area contributed by atoms with Crippen LogP contribution < -0.4 is 4.74 Å². The van der Waals surface area contributed by atoms with Gasteiger partial charge < -0.3 is 4.74 Å². The predicted molar refractivity (Wildman–Crippen MR) is 105 cm³/mol. The van der Waals surface area contributed by atoms with Crippen LogP contribution >= 0.6 is 0 Å². The number of benzene rings is 2. The molecule has 0 saturated heterocycles. The van der Waals surface area contributed by atoms with E-state index in [1.54, 1.807) is 18.2 Å². The molecule has 2 aromatic heterocycles. The molecule has 144 valence electrons. The molecule has 0 fully saturated rings. The monoisotopic (exact) mass is 390 g/mol. The average Bonchev–Trinajstić information content (AvgIpc) is 2.75. The first kappa shape index (κ1) is 18.7. The Bertz CT molecular complexity index is 1180. The molecule has 2 heterocycles. The molecule has 29 heavy (non-hydrogen) atoms. The average molecular weight is 390 g/mol. The van der Waals surface area contributed by atoms with Crippen LogP contribution in [0.1, 0.15) is 21.6 Å². The van der Waals surface area contributed by atoms with Gasteiger partial charge in [-0.15, -0.1) is 0 Å². The van der Waals surface area contributed by atoms with E-state index in [0.29, 0.717) is 11.3 Å². The van der Waals surface area contributed by atoms with Gasteiger partial charge in [0.15, 0.2) is 17.3 Å². The lowest BCUT2D eigenvalue weighted by molar-refractivity contribution is 0.0988. The normalized spacial score (nSPS) is 10.8. The minimum absolute atomic E-state index is 0.0223. The zero-order chi connectivity index (χ0) is 20.2. The van der Waals surface area contributed by atoms with Crippen LogP contribution in [0.15, 0.2) is 73.1 Å². The van der Waals surface area contributed by atoms with E-state index < -0.39 is 17.4 Å². The molecule has 0 aliphatic carbocycles. The van der Waals surface area contributed by atoms with Crippen LogP contribution in [-0.4, -0.2) is 15.8 Å². The van der Waals surface area contributed by atoms with Crippen molar-refractivity contribution in [2.45, 2.75) is 13.0 Å².